The van der Waals surface area contributed by atoms with Gasteiger partial charge in [-0.1, -0.05) is 55.5 Å². The molecule has 26 heavy (non-hydrogen) atoms. The first-order valence-electron chi connectivity index (χ1n) is 9.01. The SMILES string of the molecule is CC(CC1C(=O)OC(C)(C)OC1=O)C1c2ccccc2-c2ccccc21. The van der Waals surface area contributed by atoms with Crippen LogP contribution in [0.3, 0.4) is 0 Å². The molecule has 1 saturated heterocycles. The average molecular weight is 350 g/mol. The molecular weight excluding hydrogens is 328 g/mol. The molecule has 0 bridgehead atoms. The van der Waals surface area contributed by atoms with Gasteiger partial charge in [0.15, 0.2) is 5.92 Å². The molecule has 4 rings (SSSR count). The van der Waals surface area contributed by atoms with Crippen molar-refractivity contribution < 1.29 is 19.1 Å². The van der Waals surface area contributed by atoms with Crippen molar-refractivity contribution >= 4 is 11.9 Å². The lowest BCUT2D eigenvalue weighted by Crippen LogP contribution is -2.46. The van der Waals surface area contributed by atoms with E-state index >= 15 is 0 Å². The maximum Gasteiger partial charge on any atom is 0.323 e. The van der Waals surface area contributed by atoms with Crippen LogP contribution in [-0.2, 0) is 19.1 Å². The van der Waals surface area contributed by atoms with E-state index in [0.717, 1.165) is 0 Å². The zero-order chi connectivity index (χ0) is 18.5. The second-order valence-corrected chi connectivity index (χ2v) is 7.66. The highest BCUT2D eigenvalue weighted by Gasteiger charge is 2.45. The Kier molecular flexibility index (Phi) is 3.87. The Morgan fingerprint density at radius 3 is 1.85 bits per heavy atom. The van der Waals surface area contributed by atoms with Gasteiger partial charge in [0, 0.05) is 19.8 Å². The van der Waals surface area contributed by atoms with Gasteiger partial charge in [-0.3, -0.25) is 9.59 Å². The number of carbonyl (C=O) groups is 2. The lowest BCUT2D eigenvalue weighted by atomic mass is 9.80. The minimum absolute atomic E-state index is 0.0890. The van der Waals surface area contributed by atoms with E-state index in [9.17, 15) is 9.59 Å². The van der Waals surface area contributed by atoms with Gasteiger partial charge >= 0.3 is 11.9 Å². The number of rotatable bonds is 3. The number of ether oxygens (including phenoxy) is 2. The van der Waals surface area contributed by atoms with Gasteiger partial charge in [0.2, 0.25) is 0 Å². The first kappa shape index (κ1) is 16.8. The molecule has 1 atom stereocenters. The maximum absolute atomic E-state index is 12.3. The van der Waals surface area contributed by atoms with Crippen LogP contribution in [0.15, 0.2) is 48.5 Å². The van der Waals surface area contributed by atoms with Crippen LogP contribution in [-0.4, -0.2) is 17.7 Å². The van der Waals surface area contributed by atoms with Crippen LogP contribution in [0.5, 0.6) is 0 Å². The Balaban J connectivity index is 1.64. The van der Waals surface area contributed by atoms with Gasteiger partial charge in [-0.25, -0.2) is 0 Å². The fourth-order valence-corrected chi connectivity index (χ4v) is 4.25. The maximum atomic E-state index is 12.3. The van der Waals surface area contributed by atoms with E-state index in [2.05, 4.69) is 31.2 Å². The molecular formula is C22H22O4. The van der Waals surface area contributed by atoms with Gasteiger partial charge in [0.1, 0.15) is 0 Å². The molecule has 1 fully saturated rings. The average Bonchev–Trinajstić information content (AvgIpc) is 2.92. The van der Waals surface area contributed by atoms with Crippen molar-refractivity contribution in [3.63, 3.8) is 0 Å². The predicted octanol–water partition coefficient (Wildman–Crippen LogP) is 4.28. The Labute approximate surface area is 153 Å². The number of benzene rings is 2. The molecule has 2 aliphatic rings. The summed E-state index contributed by atoms with van der Waals surface area (Å²) in [6, 6.07) is 16.7. The van der Waals surface area contributed by atoms with Crippen LogP contribution in [0.25, 0.3) is 11.1 Å². The van der Waals surface area contributed by atoms with E-state index in [-0.39, 0.29) is 11.8 Å². The van der Waals surface area contributed by atoms with Gasteiger partial charge in [-0.2, -0.15) is 0 Å². The third-order valence-electron chi connectivity index (χ3n) is 5.32. The molecule has 0 radical (unpaired) electrons. The van der Waals surface area contributed by atoms with Crippen LogP contribution in [0, 0.1) is 11.8 Å². The van der Waals surface area contributed by atoms with Crippen LogP contribution in [0.4, 0.5) is 0 Å². The fraction of sp³-hybridized carbons (Fsp3) is 0.364. The van der Waals surface area contributed by atoms with E-state index < -0.39 is 23.6 Å². The largest absolute Gasteiger partial charge is 0.422 e. The number of hydrogen-bond donors (Lipinski definition) is 0. The van der Waals surface area contributed by atoms with E-state index in [0.29, 0.717) is 6.42 Å². The lowest BCUT2D eigenvalue weighted by molar-refractivity contribution is -0.240. The zero-order valence-corrected chi connectivity index (χ0v) is 15.2. The monoisotopic (exact) mass is 350 g/mol. The molecule has 1 heterocycles. The molecule has 1 aliphatic carbocycles. The van der Waals surface area contributed by atoms with Crippen LogP contribution in [0.2, 0.25) is 0 Å². The molecule has 0 spiro atoms. The fourth-order valence-electron chi connectivity index (χ4n) is 4.25. The molecule has 0 saturated carbocycles. The summed E-state index contributed by atoms with van der Waals surface area (Å²) in [4.78, 5) is 24.7. The Morgan fingerprint density at radius 1 is 0.885 bits per heavy atom. The quantitative estimate of drug-likeness (QED) is 0.612. The molecule has 4 heteroatoms. The molecule has 2 aromatic carbocycles. The number of cyclic esters (lactones) is 2. The number of esters is 2. The van der Waals surface area contributed by atoms with Crippen molar-refractivity contribution in [2.75, 3.05) is 0 Å². The van der Waals surface area contributed by atoms with Gasteiger partial charge < -0.3 is 9.47 Å². The van der Waals surface area contributed by atoms with Crippen LogP contribution >= 0.6 is 0 Å². The topological polar surface area (TPSA) is 52.6 Å². The predicted molar refractivity (Wildman–Crippen MR) is 97.3 cm³/mol. The van der Waals surface area contributed by atoms with Crippen molar-refractivity contribution in [2.45, 2.75) is 38.9 Å². The molecule has 0 amide bonds. The van der Waals surface area contributed by atoms with E-state index in [4.69, 9.17) is 9.47 Å². The summed E-state index contributed by atoms with van der Waals surface area (Å²) in [6.07, 6.45) is 0.404. The standard InChI is InChI=1S/C22H22O4/c1-13(12-18-20(23)25-22(2,3)26-21(18)24)19-16-10-6-4-8-14(16)15-9-5-7-11-17(15)19/h4-11,13,18-19H,12H2,1-3H3. The van der Waals surface area contributed by atoms with E-state index in [1.54, 1.807) is 13.8 Å². The molecule has 0 N–H and O–H groups in total. The zero-order valence-electron chi connectivity index (χ0n) is 15.2. The highest BCUT2D eigenvalue weighted by atomic mass is 16.7. The van der Waals surface area contributed by atoms with Crippen molar-refractivity contribution in [3.05, 3.63) is 59.7 Å². The summed E-state index contributed by atoms with van der Waals surface area (Å²) >= 11 is 0. The van der Waals surface area contributed by atoms with Gasteiger partial charge in [-0.05, 0) is 34.6 Å². The third kappa shape index (κ3) is 2.70. The minimum Gasteiger partial charge on any atom is -0.422 e. The van der Waals surface area contributed by atoms with E-state index in [1.807, 2.05) is 24.3 Å². The summed E-state index contributed by atoms with van der Waals surface area (Å²) in [6.45, 7) is 5.24. The van der Waals surface area contributed by atoms with Crippen LogP contribution < -0.4 is 0 Å². The molecule has 1 unspecified atom stereocenters. The third-order valence-corrected chi connectivity index (χ3v) is 5.32. The highest BCUT2D eigenvalue weighted by Crippen LogP contribution is 2.49. The Morgan fingerprint density at radius 2 is 1.35 bits per heavy atom. The van der Waals surface area contributed by atoms with Crippen molar-refractivity contribution in [1.29, 1.82) is 0 Å². The second-order valence-electron chi connectivity index (χ2n) is 7.66. The molecule has 1 aliphatic heterocycles. The summed E-state index contributed by atoms with van der Waals surface area (Å²) in [5, 5.41) is 0. The highest BCUT2D eigenvalue weighted by molar-refractivity contribution is 5.96. The van der Waals surface area contributed by atoms with Crippen molar-refractivity contribution in [3.8, 4) is 11.1 Å². The van der Waals surface area contributed by atoms with Crippen molar-refractivity contribution in [1.82, 2.24) is 0 Å². The molecule has 2 aromatic rings. The first-order valence-corrected chi connectivity index (χ1v) is 9.01. The molecule has 134 valence electrons. The lowest BCUT2D eigenvalue weighted by Gasteiger charge is -2.34. The molecule has 4 nitrogen and oxygen atoms in total. The van der Waals surface area contributed by atoms with Crippen LogP contribution in [0.1, 0.15) is 44.2 Å². The summed E-state index contributed by atoms with van der Waals surface area (Å²) < 4.78 is 10.6. The molecule has 0 aromatic heterocycles. The number of hydrogen-bond acceptors (Lipinski definition) is 4. The number of carbonyl (C=O) groups excluding carboxylic acids is 2. The summed E-state index contributed by atoms with van der Waals surface area (Å²) in [5.41, 5.74) is 4.96. The smallest absolute Gasteiger partial charge is 0.323 e. The first-order chi connectivity index (χ1) is 12.4. The van der Waals surface area contributed by atoms with E-state index in [1.165, 1.54) is 22.3 Å². The van der Waals surface area contributed by atoms with Gasteiger partial charge in [-0.15, -0.1) is 0 Å². The Hall–Kier alpha value is -2.62. The minimum atomic E-state index is -1.18. The Bertz CT molecular complexity index is 818. The summed E-state index contributed by atoms with van der Waals surface area (Å²) in [5.74, 6) is -2.78. The van der Waals surface area contributed by atoms with Crippen molar-refractivity contribution in [2.24, 2.45) is 11.8 Å². The number of fused-ring (bicyclic) bond motifs is 3. The second kappa shape index (κ2) is 5.97. The van der Waals surface area contributed by atoms with Gasteiger partial charge in [0.25, 0.3) is 5.79 Å². The normalized spacial score (nSPS) is 20.1. The summed E-state index contributed by atoms with van der Waals surface area (Å²) in [7, 11) is 0. The van der Waals surface area contributed by atoms with Gasteiger partial charge in [0.05, 0.1) is 0 Å².